The van der Waals surface area contributed by atoms with Gasteiger partial charge in [0, 0.05) is 13.1 Å². The Bertz CT molecular complexity index is 1310. The molecule has 0 N–H and O–H groups in total. The molecule has 0 amide bonds. The maximum Gasteiger partial charge on any atom is 0.263 e. The Kier molecular flexibility index (Phi) is 5.17. The SMILES string of the molecule is C=CCn1c(=O)c2ccccc2n2c(=S)n(CN(C)Cc3ccc(C)cc3)nc12. The Hall–Kier alpha value is -3.03. The fourth-order valence-electron chi connectivity index (χ4n) is 3.54. The molecule has 4 aromatic rings. The highest BCUT2D eigenvalue weighted by molar-refractivity contribution is 7.71. The summed E-state index contributed by atoms with van der Waals surface area (Å²) in [7, 11) is 2.03. The first-order chi connectivity index (χ1) is 14.0. The second-order valence-electron chi connectivity index (χ2n) is 7.28. The number of hydrogen-bond acceptors (Lipinski definition) is 4. The standard InChI is InChI=1S/C22H23N5OS/c1-4-13-25-20(28)18-7-5-6-8-19(18)27-21(25)23-26(22(27)29)15-24(3)14-17-11-9-16(2)10-12-17/h4-12H,1,13-15H2,2-3H3. The molecule has 0 aliphatic carbocycles. The van der Waals surface area contributed by atoms with E-state index in [1.807, 2.05) is 35.7 Å². The minimum atomic E-state index is -0.0897. The number of rotatable bonds is 6. The molecule has 0 bridgehead atoms. The summed E-state index contributed by atoms with van der Waals surface area (Å²) in [4.78, 5) is 15.1. The molecule has 0 aliphatic rings. The largest absolute Gasteiger partial charge is 0.283 e. The molecule has 2 aromatic carbocycles. The van der Waals surface area contributed by atoms with Crippen LogP contribution < -0.4 is 5.56 Å². The summed E-state index contributed by atoms with van der Waals surface area (Å²) in [6, 6.07) is 16.0. The van der Waals surface area contributed by atoms with Gasteiger partial charge in [0.2, 0.25) is 10.5 Å². The van der Waals surface area contributed by atoms with Crippen molar-refractivity contribution in [1.82, 2.24) is 23.6 Å². The number of allylic oxidation sites excluding steroid dienone is 1. The predicted octanol–water partition coefficient (Wildman–Crippen LogP) is 3.76. The maximum atomic E-state index is 13.0. The van der Waals surface area contributed by atoms with Crippen molar-refractivity contribution in [1.29, 1.82) is 0 Å². The van der Waals surface area contributed by atoms with Gasteiger partial charge >= 0.3 is 0 Å². The van der Waals surface area contributed by atoms with Gasteiger partial charge in [0.1, 0.15) is 0 Å². The first-order valence-electron chi connectivity index (χ1n) is 9.45. The number of fused-ring (bicyclic) bond motifs is 3. The van der Waals surface area contributed by atoms with Gasteiger partial charge in [-0.2, -0.15) is 0 Å². The Morgan fingerprint density at radius 3 is 2.62 bits per heavy atom. The van der Waals surface area contributed by atoms with E-state index in [0.29, 0.717) is 29.1 Å². The number of nitrogens with zero attached hydrogens (tertiary/aromatic N) is 5. The molecule has 0 aliphatic heterocycles. The van der Waals surface area contributed by atoms with Crippen LogP contribution in [0.25, 0.3) is 16.7 Å². The van der Waals surface area contributed by atoms with E-state index in [1.165, 1.54) is 11.1 Å². The molecule has 148 valence electrons. The Labute approximate surface area is 173 Å². The Morgan fingerprint density at radius 1 is 1.17 bits per heavy atom. The molecule has 0 radical (unpaired) electrons. The summed E-state index contributed by atoms with van der Waals surface area (Å²) < 4.78 is 5.81. The average Bonchev–Trinajstić information content (AvgIpc) is 3.03. The molecule has 2 heterocycles. The highest BCUT2D eigenvalue weighted by atomic mass is 32.1. The van der Waals surface area contributed by atoms with Gasteiger partial charge in [-0.05, 0) is 43.9 Å². The summed E-state index contributed by atoms with van der Waals surface area (Å²) in [6.45, 7) is 7.52. The highest BCUT2D eigenvalue weighted by Crippen LogP contribution is 2.15. The fourth-order valence-corrected chi connectivity index (χ4v) is 3.82. The van der Waals surface area contributed by atoms with E-state index in [-0.39, 0.29) is 5.56 Å². The smallest absolute Gasteiger partial charge is 0.263 e. The van der Waals surface area contributed by atoms with Crippen LogP contribution in [0.2, 0.25) is 0 Å². The Balaban J connectivity index is 1.79. The van der Waals surface area contributed by atoms with Gasteiger partial charge in [-0.3, -0.25) is 18.7 Å². The van der Waals surface area contributed by atoms with Crippen molar-refractivity contribution < 1.29 is 0 Å². The van der Waals surface area contributed by atoms with Crippen LogP contribution in [-0.2, 0) is 19.8 Å². The number of hydrogen-bond donors (Lipinski definition) is 0. The van der Waals surface area contributed by atoms with Crippen LogP contribution in [0.1, 0.15) is 11.1 Å². The molecule has 0 spiro atoms. The second-order valence-corrected chi connectivity index (χ2v) is 7.65. The zero-order valence-electron chi connectivity index (χ0n) is 16.6. The minimum absolute atomic E-state index is 0.0897. The Morgan fingerprint density at radius 2 is 1.90 bits per heavy atom. The van der Waals surface area contributed by atoms with Crippen molar-refractivity contribution in [3.63, 3.8) is 0 Å². The van der Waals surface area contributed by atoms with Crippen molar-refractivity contribution >= 4 is 28.9 Å². The summed E-state index contributed by atoms with van der Waals surface area (Å²) in [5.41, 5.74) is 3.15. The van der Waals surface area contributed by atoms with Crippen LogP contribution in [0, 0.1) is 11.7 Å². The van der Waals surface area contributed by atoms with Gasteiger partial charge in [0.25, 0.3) is 5.56 Å². The zero-order chi connectivity index (χ0) is 20.5. The van der Waals surface area contributed by atoms with Crippen LogP contribution in [-0.4, -0.2) is 30.7 Å². The molecule has 0 saturated carbocycles. The third-order valence-corrected chi connectivity index (χ3v) is 5.34. The molecule has 0 saturated heterocycles. The monoisotopic (exact) mass is 405 g/mol. The van der Waals surface area contributed by atoms with Crippen LogP contribution >= 0.6 is 12.2 Å². The van der Waals surface area contributed by atoms with E-state index in [9.17, 15) is 4.79 Å². The van der Waals surface area contributed by atoms with Crippen LogP contribution in [0.15, 0.2) is 66.0 Å². The highest BCUT2D eigenvalue weighted by Gasteiger charge is 2.15. The van der Waals surface area contributed by atoms with Crippen molar-refractivity contribution in [2.75, 3.05) is 7.05 Å². The van der Waals surface area contributed by atoms with Gasteiger partial charge in [-0.25, -0.2) is 4.68 Å². The average molecular weight is 406 g/mol. The summed E-state index contributed by atoms with van der Waals surface area (Å²) in [5, 5.41) is 5.30. The number of aromatic nitrogens is 4. The lowest BCUT2D eigenvalue weighted by molar-refractivity contribution is 0.244. The van der Waals surface area contributed by atoms with Crippen molar-refractivity contribution in [2.45, 2.75) is 26.7 Å². The van der Waals surface area contributed by atoms with Gasteiger partial charge in [0.15, 0.2) is 0 Å². The van der Waals surface area contributed by atoms with E-state index in [1.54, 1.807) is 15.3 Å². The number of aryl methyl sites for hydroxylation is 1. The quantitative estimate of drug-likeness (QED) is 0.362. The summed E-state index contributed by atoms with van der Waals surface area (Å²) >= 11 is 5.74. The van der Waals surface area contributed by atoms with Crippen LogP contribution in [0.4, 0.5) is 0 Å². The van der Waals surface area contributed by atoms with Crippen LogP contribution in [0.5, 0.6) is 0 Å². The molecular weight excluding hydrogens is 382 g/mol. The lowest BCUT2D eigenvalue weighted by atomic mass is 10.1. The molecule has 6 nitrogen and oxygen atoms in total. The van der Waals surface area contributed by atoms with E-state index >= 15 is 0 Å². The zero-order valence-corrected chi connectivity index (χ0v) is 17.4. The van der Waals surface area contributed by atoms with Gasteiger partial charge in [0.05, 0.1) is 17.6 Å². The lowest BCUT2D eigenvalue weighted by Gasteiger charge is -2.16. The predicted molar refractivity (Wildman–Crippen MR) is 119 cm³/mol. The van der Waals surface area contributed by atoms with Crippen molar-refractivity contribution in [3.8, 4) is 0 Å². The molecule has 0 unspecified atom stereocenters. The summed E-state index contributed by atoms with van der Waals surface area (Å²) in [6.07, 6.45) is 1.70. The van der Waals surface area contributed by atoms with Crippen molar-refractivity contribution in [2.24, 2.45) is 0 Å². The van der Waals surface area contributed by atoms with E-state index < -0.39 is 0 Å². The second kappa shape index (κ2) is 7.77. The number of benzene rings is 2. The lowest BCUT2D eigenvalue weighted by Crippen LogP contribution is -2.23. The molecule has 0 atom stereocenters. The van der Waals surface area contributed by atoms with E-state index in [2.05, 4.69) is 47.8 Å². The third-order valence-electron chi connectivity index (χ3n) is 4.94. The molecule has 2 aromatic heterocycles. The van der Waals surface area contributed by atoms with Crippen molar-refractivity contribution in [3.05, 3.63) is 87.4 Å². The molecular formula is C22H23N5OS. The maximum absolute atomic E-state index is 13.0. The third kappa shape index (κ3) is 3.54. The first kappa shape index (κ1) is 19.3. The fraction of sp³-hybridized carbons (Fsp3) is 0.227. The molecule has 7 heteroatoms. The number of para-hydroxylation sites is 1. The summed E-state index contributed by atoms with van der Waals surface area (Å²) in [5.74, 6) is 0.530. The van der Waals surface area contributed by atoms with Gasteiger partial charge < -0.3 is 0 Å². The van der Waals surface area contributed by atoms with Crippen LogP contribution in [0.3, 0.4) is 0 Å². The topological polar surface area (TPSA) is 47.5 Å². The van der Waals surface area contributed by atoms with Gasteiger partial charge in [-0.15, -0.1) is 11.7 Å². The molecule has 4 rings (SSSR count). The first-order valence-corrected chi connectivity index (χ1v) is 9.86. The molecule has 0 fully saturated rings. The minimum Gasteiger partial charge on any atom is -0.283 e. The molecule has 29 heavy (non-hydrogen) atoms. The van der Waals surface area contributed by atoms with Gasteiger partial charge in [-0.1, -0.05) is 48.0 Å². The van der Waals surface area contributed by atoms with E-state index in [0.717, 1.165) is 12.1 Å². The van der Waals surface area contributed by atoms with E-state index in [4.69, 9.17) is 12.2 Å². The normalized spacial score (nSPS) is 11.6.